The van der Waals surface area contributed by atoms with E-state index in [2.05, 4.69) is 10.6 Å². The third kappa shape index (κ3) is 2.47. The topological polar surface area (TPSA) is 54.3 Å². The summed E-state index contributed by atoms with van der Waals surface area (Å²) < 4.78 is 5.14. The number of rotatable bonds is 2. The van der Waals surface area contributed by atoms with Crippen molar-refractivity contribution in [3.05, 3.63) is 47.4 Å². The van der Waals surface area contributed by atoms with Gasteiger partial charge in [0.1, 0.15) is 12.0 Å². The van der Waals surface area contributed by atoms with Crippen LogP contribution in [0.3, 0.4) is 0 Å². The largest absolute Gasteiger partial charge is 0.469 e. The summed E-state index contributed by atoms with van der Waals surface area (Å²) in [4.78, 5) is 12.0. The minimum Gasteiger partial charge on any atom is -0.469 e. The SMILES string of the molecule is Cc1cc(C(=O)Nc2ccc3c(c2)CCCN3)co1. The van der Waals surface area contributed by atoms with Gasteiger partial charge in [-0.2, -0.15) is 0 Å². The average Bonchev–Trinajstić information content (AvgIpc) is 2.85. The Morgan fingerprint density at radius 3 is 3.05 bits per heavy atom. The Labute approximate surface area is 111 Å². The highest BCUT2D eigenvalue weighted by atomic mass is 16.3. The van der Waals surface area contributed by atoms with Crippen molar-refractivity contribution in [3.63, 3.8) is 0 Å². The lowest BCUT2D eigenvalue weighted by molar-refractivity contribution is 0.102. The van der Waals surface area contributed by atoms with Crippen LogP contribution in [0.25, 0.3) is 0 Å². The molecule has 0 saturated heterocycles. The normalized spacial score (nSPS) is 13.5. The lowest BCUT2D eigenvalue weighted by Gasteiger charge is -2.18. The zero-order valence-electron chi connectivity index (χ0n) is 10.8. The number of carbonyl (C=O) groups is 1. The summed E-state index contributed by atoms with van der Waals surface area (Å²) in [6.07, 6.45) is 3.66. The van der Waals surface area contributed by atoms with Gasteiger partial charge in [-0.3, -0.25) is 4.79 Å². The van der Waals surface area contributed by atoms with Gasteiger partial charge >= 0.3 is 0 Å². The fraction of sp³-hybridized carbons (Fsp3) is 0.267. The summed E-state index contributed by atoms with van der Waals surface area (Å²) in [7, 11) is 0. The van der Waals surface area contributed by atoms with Crippen LogP contribution in [-0.4, -0.2) is 12.5 Å². The van der Waals surface area contributed by atoms with Gasteiger partial charge in [-0.05, 0) is 49.6 Å². The Balaban J connectivity index is 1.78. The van der Waals surface area contributed by atoms with Gasteiger partial charge in [0.05, 0.1) is 5.56 Å². The summed E-state index contributed by atoms with van der Waals surface area (Å²) >= 11 is 0. The predicted octanol–water partition coefficient (Wildman–Crippen LogP) is 3.20. The van der Waals surface area contributed by atoms with Gasteiger partial charge in [0, 0.05) is 17.9 Å². The van der Waals surface area contributed by atoms with Crippen molar-refractivity contribution < 1.29 is 9.21 Å². The predicted molar refractivity (Wildman–Crippen MR) is 74.7 cm³/mol. The highest BCUT2D eigenvalue weighted by molar-refractivity contribution is 6.04. The van der Waals surface area contributed by atoms with E-state index in [1.807, 2.05) is 25.1 Å². The molecule has 2 heterocycles. The molecule has 1 amide bonds. The highest BCUT2D eigenvalue weighted by Gasteiger charge is 2.12. The molecule has 0 aliphatic carbocycles. The summed E-state index contributed by atoms with van der Waals surface area (Å²) in [5, 5.41) is 6.25. The molecule has 1 aromatic heterocycles. The first-order valence-electron chi connectivity index (χ1n) is 6.46. The van der Waals surface area contributed by atoms with Crippen molar-refractivity contribution >= 4 is 17.3 Å². The van der Waals surface area contributed by atoms with Crippen LogP contribution in [-0.2, 0) is 6.42 Å². The standard InChI is InChI=1S/C15H16N2O2/c1-10-7-12(9-19-10)15(18)17-13-4-5-14-11(8-13)3-2-6-16-14/h4-5,7-9,16H,2-3,6H2,1H3,(H,17,18). The van der Waals surface area contributed by atoms with Crippen LogP contribution in [0.5, 0.6) is 0 Å². The Hall–Kier alpha value is -2.23. The quantitative estimate of drug-likeness (QED) is 0.867. The van der Waals surface area contributed by atoms with Gasteiger partial charge in [0.15, 0.2) is 0 Å². The number of benzene rings is 1. The van der Waals surface area contributed by atoms with Crippen LogP contribution < -0.4 is 10.6 Å². The molecule has 0 atom stereocenters. The van der Waals surface area contributed by atoms with Gasteiger partial charge in [-0.25, -0.2) is 0 Å². The van der Waals surface area contributed by atoms with Crippen LogP contribution in [0.4, 0.5) is 11.4 Å². The Morgan fingerprint density at radius 2 is 2.26 bits per heavy atom. The van der Waals surface area contributed by atoms with E-state index in [1.54, 1.807) is 6.07 Å². The van der Waals surface area contributed by atoms with Crippen LogP contribution in [0.2, 0.25) is 0 Å². The zero-order chi connectivity index (χ0) is 13.2. The van der Waals surface area contributed by atoms with E-state index in [9.17, 15) is 4.79 Å². The molecule has 2 N–H and O–H groups in total. The first kappa shape index (κ1) is 11.8. The van der Waals surface area contributed by atoms with Gasteiger partial charge in [-0.1, -0.05) is 0 Å². The van der Waals surface area contributed by atoms with Gasteiger partial charge in [0.2, 0.25) is 0 Å². The van der Waals surface area contributed by atoms with Crippen molar-refractivity contribution in [1.82, 2.24) is 0 Å². The number of fused-ring (bicyclic) bond motifs is 1. The van der Waals surface area contributed by atoms with E-state index < -0.39 is 0 Å². The van der Waals surface area contributed by atoms with E-state index >= 15 is 0 Å². The van der Waals surface area contributed by atoms with E-state index in [1.165, 1.54) is 17.5 Å². The monoisotopic (exact) mass is 256 g/mol. The summed E-state index contributed by atoms with van der Waals surface area (Å²) in [5.74, 6) is 0.598. The van der Waals surface area contributed by atoms with E-state index in [0.717, 1.165) is 30.8 Å². The number of hydrogen-bond acceptors (Lipinski definition) is 3. The van der Waals surface area contributed by atoms with Crippen LogP contribution >= 0.6 is 0 Å². The Kier molecular flexibility index (Phi) is 2.99. The van der Waals surface area contributed by atoms with Crippen molar-refractivity contribution in [1.29, 1.82) is 0 Å². The number of hydrogen-bond donors (Lipinski definition) is 2. The molecule has 0 bridgehead atoms. The van der Waals surface area contributed by atoms with E-state index in [0.29, 0.717) is 5.56 Å². The smallest absolute Gasteiger partial charge is 0.258 e. The Morgan fingerprint density at radius 1 is 1.37 bits per heavy atom. The fourth-order valence-corrected chi connectivity index (χ4v) is 2.32. The first-order chi connectivity index (χ1) is 9.22. The summed E-state index contributed by atoms with van der Waals surface area (Å²) in [6.45, 7) is 2.84. The molecule has 0 fully saturated rings. The van der Waals surface area contributed by atoms with Crippen LogP contribution in [0, 0.1) is 6.92 Å². The molecule has 2 aromatic rings. The third-order valence-electron chi connectivity index (χ3n) is 3.29. The molecule has 1 aliphatic heterocycles. The van der Waals surface area contributed by atoms with Crippen LogP contribution in [0.1, 0.15) is 28.1 Å². The van der Waals surface area contributed by atoms with Crippen molar-refractivity contribution in [2.45, 2.75) is 19.8 Å². The average molecular weight is 256 g/mol. The van der Waals surface area contributed by atoms with Gasteiger partial charge in [0.25, 0.3) is 5.91 Å². The summed E-state index contributed by atoms with van der Waals surface area (Å²) in [6, 6.07) is 7.70. The first-order valence-corrected chi connectivity index (χ1v) is 6.46. The molecule has 1 aliphatic rings. The molecular formula is C15H16N2O2. The molecule has 4 nitrogen and oxygen atoms in total. The number of carbonyl (C=O) groups excluding carboxylic acids is 1. The molecule has 19 heavy (non-hydrogen) atoms. The molecule has 4 heteroatoms. The third-order valence-corrected chi connectivity index (χ3v) is 3.29. The van der Waals surface area contributed by atoms with Crippen molar-refractivity contribution in [2.75, 3.05) is 17.2 Å². The second-order valence-corrected chi connectivity index (χ2v) is 4.80. The second-order valence-electron chi connectivity index (χ2n) is 4.80. The summed E-state index contributed by atoms with van der Waals surface area (Å²) in [5.41, 5.74) is 3.80. The van der Waals surface area contributed by atoms with Gasteiger partial charge < -0.3 is 15.1 Å². The number of nitrogens with one attached hydrogen (secondary N) is 2. The highest BCUT2D eigenvalue weighted by Crippen LogP contribution is 2.25. The van der Waals surface area contributed by atoms with E-state index in [-0.39, 0.29) is 5.91 Å². The van der Waals surface area contributed by atoms with Gasteiger partial charge in [-0.15, -0.1) is 0 Å². The molecular weight excluding hydrogens is 240 g/mol. The maximum Gasteiger partial charge on any atom is 0.258 e. The molecule has 0 spiro atoms. The number of aryl methyl sites for hydroxylation is 2. The molecule has 1 aromatic carbocycles. The minimum atomic E-state index is -0.138. The maximum absolute atomic E-state index is 12.0. The number of amides is 1. The van der Waals surface area contributed by atoms with Crippen LogP contribution in [0.15, 0.2) is 34.9 Å². The molecule has 0 radical (unpaired) electrons. The molecule has 98 valence electrons. The lowest BCUT2D eigenvalue weighted by Crippen LogP contribution is -2.14. The minimum absolute atomic E-state index is 0.138. The second kappa shape index (κ2) is 4.80. The lowest BCUT2D eigenvalue weighted by atomic mass is 10.0. The number of furan rings is 1. The molecule has 3 rings (SSSR count). The fourth-order valence-electron chi connectivity index (χ4n) is 2.32. The molecule has 0 saturated carbocycles. The van der Waals surface area contributed by atoms with E-state index in [4.69, 9.17) is 4.42 Å². The Bertz CT molecular complexity index is 616. The zero-order valence-corrected chi connectivity index (χ0v) is 10.8. The van der Waals surface area contributed by atoms with Crippen molar-refractivity contribution in [2.24, 2.45) is 0 Å². The molecule has 0 unspecified atom stereocenters. The number of anilines is 2. The maximum atomic E-state index is 12.0. The van der Waals surface area contributed by atoms with Crippen molar-refractivity contribution in [3.8, 4) is 0 Å².